The van der Waals surface area contributed by atoms with Gasteiger partial charge in [0.1, 0.15) is 0 Å². The number of aromatic hydroxyl groups is 1. The molecular weight excluding hydrogens is 384 g/mol. The minimum Gasteiger partial charge on any atom is -0.503 e. The van der Waals surface area contributed by atoms with Gasteiger partial charge in [-0.25, -0.2) is 5.43 Å². The lowest BCUT2D eigenvalue weighted by Gasteiger charge is -2.11. The van der Waals surface area contributed by atoms with Crippen LogP contribution in [-0.2, 0) is 0 Å². The lowest BCUT2D eigenvalue weighted by Crippen LogP contribution is -2.17. The lowest BCUT2D eigenvalue weighted by molar-refractivity contribution is 0.0954. The maximum absolute atomic E-state index is 12.3. The van der Waals surface area contributed by atoms with Crippen LogP contribution in [0.1, 0.15) is 36.2 Å². The van der Waals surface area contributed by atoms with Crippen molar-refractivity contribution < 1.29 is 24.1 Å². The molecule has 8 heteroatoms. The molecule has 0 aliphatic rings. The maximum atomic E-state index is 12.3. The van der Waals surface area contributed by atoms with Gasteiger partial charge in [0.25, 0.3) is 5.91 Å². The largest absolute Gasteiger partial charge is 0.503 e. The Hall–Kier alpha value is -2.93. The molecule has 2 aromatic rings. The summed E-state index contributed by atoms with van der Waals surface area (Å²) in [5.74, 6) is 0.743. The minimum absolute atomic E-state index is 0.131. The third-order valence-corrected chi connectivity index (χ3v) is 3.91. The van der Waals surface area contributed by atoms with Crippen molar-refractivity contribution >= 4 is 23.7 Å². The average molecular weight is 407 g/mol. The number of phenolic OH excluding ortho intramolecular Hbond substituents is 1. The zero-order chi connectivity index (χ0) is 20.5. The molecule has 0 aromatic heterocycles. The zero-order valence-corrected chi connectivity index (χ0v) is 16.7. The van der Waals surface area contributed by atoms with Gasteiger partial charge >= 0.3 is 0 Å². The Bertz CT molecular complexity index is 855. The molecule has 7 nitrogen and oxygen atoms in total. The molecule has 0 bridgehead atoms. The second-order valence-electron chi connectivity index (χ2n) is 5.70. The predicted molar refractivity (Wildman–Crippen MR) is 108 cm³/mol. The quantitative estimate of drug-likeness (QED) is 0.485. The molecule has 0 aliphatic heterocycles. The van der Waals surface area contributed by atoms with Crippen molar-refractivity contribution in [2.45, 2.75) is 20.3 Å². The van der Waals surface area contributed by atoms with Crippen molar-refractivity contribution in [2.75, 3.05) is 20.3 Å². The first kappa shape index (κ1) is 21.4. The van der Waals surface area contributed by atoms with Crippen molar-refractivity contribution in [1.29, 1.82) is 0 Å². The molecule has 0 heterocycles. The summed E-state index contributed by atoms with van der Waals surface area (Å²) in [6.45, 7) is 4.73. The third-order valence-electron chi connectivity index (χ3n) is 3.62. The Morgan fingerprint density at radius 3 is 2.64 bits per heavy atom. The van der Waals surface area contributed by atoms with Crippen LogP contribution < -0.4 is 19.6 Å². The fourth-order valence-electron chi connectivity index (χ4n) is 2.30. The third kappa shape index (κ3) is 5.53. The standard InChI is InChI=1S/C20H23ClN2O5/c1-4-8-28-16-7-6-14(11-17(16)26-3)20(25)23-22-12-13-9-15(21)19(24)18(10-13)27-5-2/h6-7,9-12,24H,4-5,8H2,1-3H3,(H,23,25)/b22-12+. The molecule has 2 N–H and O–H groups in total. The number of hydrazone groups is 1. The number of amides is 1. The highest BCUT2D eigenvalue weighted by atomic mass is 35.5. The normalized spacial score (nSPS) is 10.7. The van der Waals surface area contributed by atoms with E-state index in [0.717, 1.165) is 6.42 Å². The molecule has 0 saturated heterocycles. The summed E-state index contributed by atoms with van der Waals surface area (Å²) in [4.78, 5) is 12.3. The summed E-state index contributed by atoms with van der Waals surface area (Å²) in [6.07, 6.45) is 2.27. The molecular formula is C20H23ClN2O5. The lowest BCUT2D eigenvalue weighted by atomic mass is 10.2. The van der Waals surface area contributed by atoms with Crippen LogP contribution in [-0.4, -0.2) is 37.6 Å². The second-order valence-corrected chi connectivity index (χ2v) is 6.10. The number of phenols is 1. The topological polar surface area (TPSA) is 89.4 Å². The van der Waals surface area contributed by atoms with Gasteiger partial charge in [0, 0.05) is 5.56 Å². The summed E-state index contributed by atoms with van der Waals surface area (Å²) in [7, 11) is 1.51. The fourth-order valence-corrected chi connectivity index (χ4v) is 2.52. The number of halogens is 1. The number of nitrogens with zero attached hydrogens (tertiary/aromatic N) is 1. The number of benzene rings is 2. The number of hydrogen-bond acceptors (Lipinski definition) is 6. The molecule has 0 spiro atoms. The van der Waals surface area contributed by atoms with Gasteiger partial charge in [0.2, 0.25) is 0 Å². The van der Waals surface area contributed by atoms with E-state index >= 15 is 0 Å². The first-order valence-electron chi connectivity index (χ1n) is 8.79. The first-order valence-corrected chi connectivity index (χ1v) is 9.17. The van der Waals surface area contributed by atoms with Gasteiger partial charge < -0.3 is 19.3 Å². The van der Waals surface area contributed by atoms with Gasteiger partial charge in [0.15, 0.2) is 23.0 Å². The molecule has 0 unspecified atom stereocenters. The molecule has 28 heavy (non-hydrogen) atoms. The number of methoxy groups -OCH3 is 1. The van der Waals surface area contributed by atoms with Crippen LogP contribution in [0.15, 0.2) is 35.4 Å². The molecule has 2 rings (SSSR count). The zero-order valence-electron chi connectivity index (χ0n) is 16.0. The van der Waals surface area contributed by atoms with Crippen molar-refractivity contribution in [3.05, 3.63) is 46.5 Å². The highest BCUT2D eigenvalue weighted by Crippen LogP contribution is 2.34. The summed E-state index contributed by atoms with van der Waals surface area (Å²) in [5.41, 5.74) is 3.37. The van der Waals surface area contributed by atoms with Crippen LogP contribution in [0.5, 0.6) is 23.0 Å². The highest BCUT2D eigenvalue weighted by molar-refractivity contribution is 6.32. The second kappa shape index (κ2) is 10.4. The van der Waals surface area contributed by atoms with Gasteiger partial charge in [-0.15, -0.1) is 0 Å². The van der Waals surface area contributed by atoms with Gasteiger partial charge in [-0.05, 0) is 49.2 Å². The Labute approximate surface area is 168 Å². The summed E-state index contributed by atoms with van der Waals surface area (Å²) < 4.78 is 16.2. The van der Waals surface area contributed by atoms with E-state index in [1.54, 1.807) is 31.2 Å². The van der Waals surface area contributed by atoms with E-state index < -0.39 is 5.91 Å². The van der Waals surface area contributed by atoms with Crippen LogP contribution in [0.3, 0.4) is 0 Å². The minimum atomic E-state index is -0.411. The van der Waals surface area contributed by atoms with Crippen LogP contribution in [0.2, 0.25) is 5.02 Å². The number of ether oxygens (including phenoxy) is 3. The Balaban J connectivity index is 2.09. The number of nitrogens with one attached hydrogen (secondary N) is 1. The molecule has 0 saturated carbocycles. The number of rotatable bonds is 9. The fraction of sp³-hybridized carbons (Fsp3) is 0.300. The summed E-state index contributed by atoms with van der Waals surface area (Å²) >= 11 is 5.97. The van der Waals surface area contributed by atoms with E-state index in [1.165, 1.54) is 19.4 Å². The van der Waals surface area contributed by atoms with Gasteiger partial charge in [-0.1, -0.05) is 18.5 Å². The molecule has 1 amide bonds. The van der Waals surface area contributed by atoms with Crippen LogP contribution in [0.4, 0.5) is 0 Å². The van der Waals surface area contributed by atoms with Gasteiger partial charge in [-0.2, -0.15) is 5.10 Å². The molecule has 0 fully saturated rings. The highest BCUT2D eigenvalue weighted by Gasteiger charge is 2.11. The van der Waals surface area contributed by atoms with E-state index in [2.05, 4.69) is 10.5 Å². The van der Waals surface area contributed by atoms with Gasteiger partial charge in [-0.3, -0.25) is 4.79 Å². The monoisotopic (exact) mass is 406 g/mol. The first-order chi connectivity index (χ1) is 13.5. The number of hydrogen-bond donors (Lipinski definition) is 2. The van der Waals surface area contributed by atoms with Crippen LogP contribution >= 0.6 is 11.6 Å². The van der Waals surface area contributed by atoms with Crippen LogP contribution in [0, 0.1) is 0 Å². The Morgan fingerprint density at radius 2 is 1.96 bits per heavy atom. The van der Waals surface area contributed by atoms with Crippen LogP contribution in [0.25, 0.3) is 0 Å². The van der Waals surface area contributed by atoms with Crippen molar-refractivity contribution in [1.82, 2.24) is 5.43 Å². The molecule has 0 aliphatic carbocycles. The van der Waals surface area contributed by atoms with E-state index in [-0.39, 0.29) is 16.5 Å². The smallest absolute Gasteiger partial charge is 0.271 e. The molecule has 0 radical (unpaired) electrons. The van der Waals surface area contributed by atoms with Crippen molar-refractivity contribution in [3.63, 3.8) is 0 Å². The number of carbonyl (C=O) groups excluding carboxylic acids is 1. The molecule has 150 valence electrons. The Kier molecular flexibility index (Phi) is 7.95. The Morgan fingerprint density at radius 1 is 1.18 bits per heavy atom. The molecule has 2 aromatic carbocycles. The SMILES string of the molecule is CCCOc1ccc(C(=O)N/N=C/c2cc(Cl)c(O)c(OCC)c2)cc1OC. The average Bonchev–Trinajstić information content (AvgIpc) is 2.70. The van der Waals surface area contributed by atoms with E-state index in [1.807, 2.05) is 6.92 Å². The van der Waals surface area contributed by atoms with E-state index in [4.69, 9.17) is 25.8 Å². The summed E-state index contributed by atoms with van der Waals surface area (Å²) in [5, 5.41) is 13.9. The number of carbonyl (C=O) groups is 1. The van der Waals surface area contributed by atoms with E-state index in [0.29, 0.717) is 35.8 Å². The molecule has 0 atom stereocenters. The van der Waals surface area contributed by atoms with Crippen molar-refractivity contribution in [3.8, 4) is 23.0 Å². The predicted octanol–water partition coefficient (Wildman–Crippen LogP) is 4.01. The summed E-state index contributed by atoms with van der Waals surface area (Å²) in [6, 6.07) is 7.98. The van der Waals surface area contributed by atoms with E-state index in [9.17, 15) is 9.90 Å². The maximum Gasteiger partial charge on any atom is 0.271 e. The van der Waals surface area contributed by atoms with Gasteiger partial charge in [0.05, 0.1) is 31.6 Å². The van der Waals surface area contributed by atoms with Crippen molar-refractivity contribution in [2.24, 2.45) is 5.10 Å².